The molecule has 0 bridgehead atoms. The highest BCUT2D eigenvalue weighted by atomic mass is 16.2. The second-order valence-electron chi connectivity index (χ2n) is 4.53. The van der Waals surface area contributed by atoms with Crippen molar-refractivity contribution < 1.29 is 4.79 Å². The molecule has 2 fully saturated rings. The van der Waals surface area contributed by atoms with Crippen LogP contribution in [0.1, 0.15) is 32.6 Å². The van der Waals surface area contributed by atoms with E-state index in [-0.39, 0.29) is 5.91 Å². The van der Waals surface area contributed by atoms with Gasteiger partial charge in [0.15, 0.2) is 0 Å². The Morgan fingerprint density at radius 2 is 2.07 bits per heavy atom. The van der Waals surface area contributed by atoms with Crippen LogP contribution in [0.5, 0.6) is 0 Å². The molecule has 0 heterocycles. The Morgan fingerprint density at radius 3 is 2.57 bits per heavy atom. The van der Waals surface area contributed by atoms with Gasteiger partial charge in [0, 0.05) is 19.1 Å². The minimum atomic E-state index is 0.284. The number of carbonyl (C=O) groups excluding carboxylic acids is 1. The van der Waals surface area contributed by atoms with Crippen LogP contribution in [-0.2, 0) is 4.79 Å². The Hall–Kier alpha value is -0.570. The van der Waals surface area contributed by atoms with Crippen LogP contribution < -0.4 is 5.32 Å². The van der Waals surface area contributed by atoms with Gasteiger partial charge in [-0.2, -0.15) is 0 Å². The van der Waals surface area contributed by atoms with Crippen molar-refractivity contribution in [3.05, 3.63) is 0 Å². The number of carbonyl (C=O) groups is 1. The van der Waals surface area contributed by atoms with Gasteiger partial charge in [0.2, 0.25) is 5.91 Å². The smallest absolute Gasteiger partial charge is 0.236 e. The molecule has 0 unspecified atom stereocenters. The van der Waals surface area contributed by atoms with Crippen molar-refractivity contribution in [2.24, 2.45) is 5.92 Å². The zero-order valence-corrected chi connectivity index (χ0v) is 8.96. The molecule has 2 aliphatic carbocycles. The average Bonchev–Trinajstić information content (AvgIpc) is 3.02. The van der Waals surface area contributed by atoms with Crippen molar-refractivity contribution in [2.45, 2.75) is 38.6 Å². The molecule has 2 rings (SSSR count). The maximum absolute atomic E-state index is 11.7. The second-order valence-corrected chi connectivity index (χ2v) is 4.53. The third kappa shape index (κ3) is 2.98. The maximum atomic E-state index is 11.7. The topological polar surface area (TPSA) is 32.3 Å². The zero-order valence-electron chi connectivity index (χ0n) is 8.96. The van der Waals surface area contributed by atoms with Gasteiger partial charge in [-0.15, -0.1) is 0 Å². The van der Waals surface area contributed by atoms with Gasteiger partial charge < -0.3 is 10.2 Å². The summed E-state index contributed by atoms with van der Waals surface area (Å²) in [5.41, 5.74) is 0. The lowest BCUT2D eigenvalue weighted by atomic mass is 10.3. The molecule has 0 spiro atoms. The molecule has 3 nitrogen and oxygen atoms in total. The van der Waals surface area contributed by atoms with Gasteiger partial charge in [-0.05, 0) is 38.5 Å². The number of nitrogens with zero attached hydrogens (tertiary/aromatic N) is 1. The molecular formula is C11H20N2O. The Labute approximate surface area is 85.8 Å². The van der Waals surface area contributed by atoms with E-state index in [2.05, 4.69) is 12.2 Å². The molecule has 80 valence electrons. The molecule has 1 amide bonds. The van der Waals surface area contributed by atoms with Crippen molar-refractivity contribution in [2.75, 3.05) is 19.6 Å². The van der Waals surface area contributed by atoms with E-state index < -0.39 is 0 Å². The summed E-state index contributed by atoms with van der Waals surface area (Å²) in [5, 5.41) is 3.27. The first-order chi connectivity index (χ1) is 6.79. The van der Waals surface area contributed by atoms with Gasteiger partial charge in [0.1, 0.15) is 0 Å². The van der Waals surface area contributed by atoms with Crippen molar-refractivity contribution in [3.8, 4) is 0 Å². The van der Waals surface area contributed by atoms with E-state index in [1.165, 1.54) is 25.7 Å². The van der Waals surface area contributed by atoms with Crippen LogP contribution in [0.3, 0.4) is 0 Å². The van der Waals surface area contributed by atoms with Crippen LogP contribution in [0.2, 0.25) is 0 Å². The molecule has 2 saturated carbocycles. The Kier molecular flexibility index (Phi) is 3.06. The largest absolute Gasteiger partial charge is 0.342 e. The third-order valence-electron chi connectivity index (χ3n) is 3.03. The molecular weight excluding hydrogens is 176 g/mol. The van der Waals surface area contributed by atoms with Crippen LogP contribution in [0.25, 0.3) is 0 Å². The first-order valence-electron chi connectivity index (χ1n) is 5.80. The summed E-state index contributed by atoms with van der Waals surface area (Å²) >= 11 is 0. The van der Waals surface area contributed by atoms with Crippen molar-refractivity contribution >= 4 is 5.91 Å². The molecule has 0 aromatic heterocycles. The normalized spacial score (nSPS) is 20.9. The lowest BCUT2D eigenvalue weighted by molar-refractivity contribution is -0.130. The van der Waals surface area contributed by atoms with E-state index >= 15 is 0 Å². The number of nitrogens with one attached hydrogen (secondary N) is 1. The van der Waals surface area contributed by atoms with Crippen LogP contribution in [0.4, 0.5) is 0 Å². The number of likely N-dealkylation sites (N-methyl/N-ethyl adjacent to an activating group) is 1. The Morgan fingerprint density at radius 1 is 1.36 bits per heavy atom. The summed E-state index contributed by atoms with van der Waals surface area (Å²) in [6.45, 7) is 4.46. The monoisotopic (exact) mass is 196 g/mol. The van der Waals surface area contributed by atoms with E-state index in [0.717, 1.165) is 19.0 Å². The average molecular weight is 196 g/mol. The molecule has 0 aromatic carbocycles. The number of amides is 1. The Balaban J connectivity index is 1.67. The highest BCUT2D eigenvalue weighted by Crippen LogP contribution is 2.29. The van der Waals surface area contributed by atoms with Gasteiger partial charge in [-0.1, -0.05) is 0 Å². The predicted molar refractivity (Wildman–Crippen MR) is 56.0 cm³/mol. The fraction of sp³-hybridized carbons (Fsp3) is 0.909. The molecule has 0 radical (unpaired) electrons. The van der Waals surface area contributed by atoms with Crippen LogP contribution in [0, 0.1) is 5.92 Å². The molecule has 14 heavy (non-hydrogen) atoms. The molecule has 0 saturated heterocycles. The number of hydrogen-bond acceptors (Lipinski definition) is 2. The molecule has 3 heteroatoms. The maximum Gasteiger partial charge on any atom is 0.236 e. The van der Waals surface area contributed by atoms with Gasteiger partial charge in [0.25, 0.3) is 0 Å². The standard InChI is InChI=1S/C11H20N2O/c1-2-13(8-9-3-4-9)11(14)7-12-10-5-6-10/h9-10,12H,2-8H2,1H3. The quantitative estimate of drug-likeness (QED) is 0.687. The fourth-order valence-corrected chi connectivity index (χ4v) is 1.65. The number of hydrogen-bond donors (Lipinski definition) is 1. The zero-order chi connectivity index (χ0) is 9.97. The van der Waals surface area contributed by atoms with E-state index in [9.17, 15) is 4.79 Å². The summed E-state index contributed by atoms with van der Waals surface area (Å²) in [6.07, 6.45) is 5.14. The first-order valence-corrected chi connectivity index (χ1v) is 5.80. The summed E-state index contributed by atoms with van der Waals surface area (Å²) in [5.74, 6) is 1.09. The van der Waals surface area contributed by atoms with E-state index in [4.69, 9.17) is 0 Å². The molecule has 0 aromatic rings. The fourth-order valence-electron chi connectivity index (χ4n) is 1.65. The van der Waals surface area contributed by atoms with Gasteiger partial charge in [0.05, 0.1) is 6.54 Å². The molecule has 0 aliphatic heterocycles. The summed E-state index contributed by atoms with van der Waals surface area (Å²) in [4.78, 5) is 13.7. The highest BCUT2D eigenvalue weighted by molar-refractivity contribution is 5.78. The van der Waals surface area contributed by atoms with E-state index in [1.807, 2.05) is 4.90 Å². The van der Waals surface area contributed by atoms with Crippen LogP contribution >= 0.6 is 0 Å². The molecule has 2 aliphatic rings. The summed E-state index contributed by atoms with van der Waals surface area (Å²) in [6, 6.07) is 0.638. The van der Waals surface area contributed by atoms with Crippen LogP contribution in [0.15, 0.2) is 0 Å². The minimum absolute atomic E-state index is 0.284. The summed E-state index contributed by atoms with van der Waals surface area (Å²) < 4.78 is 0. The Bertz CT molecular complexity index is 209. The lowest BCUT2D eigenvalue weighted by Gasteiger charge is -2.20. The van der Waals surface area contributed by atoms with Crippen LogP contribution in [-0.4, -0.2) is 36.5 Å². The highest BCUT2D eigenvalue weighted by Gasteiger charge is 2.27. The lowest BCUT2D eigenvalue weighted by Crippen LogP contribution is -2.39. The summed E-state index contributed by atoms with van der Waals surface area (Å²) in [7, 11) is 0. The van der Waals surface area contributed by atoms with Crippen molar-refractivity contribution in [1.29, 1.82) is 0 Å². The van der Waals surface area contributed by atoms with E-state index in [0.29, 0.717) is 12.6 Å². The van der Waals surface area contributed by atoms with Crippen molar-refractivity contribution in [1.82, 2.24) is 10.2 Å². The molecule has 0 atom stereocenters. The second kappa shape index (κ2) is 4.30. The van der Waals surface area contributed by atoms with Gasteiger partial charge in [-0.3, -0.25) is 4.79 Å². The van der Waals surface area contributed by atoms with Gasteiger partial charge in [-0.25, -0.2) is 0 Å². The minimum Gasteiger partial charge on any atom is -0.342 e. The first kappa shape index (κ1) is 9.97. The third-order valence-corrected chi connectivity index (χ3v) is 3.03. The SMILES string of the molecule is CCN(CC1CC1)C(=O)CNC1CC1. The van der Waals surface area contributed by atoms with Crippen molar-refractivity contribution in [3.63, 3.8) is 0 Å². The number of rotatable bonds is 6. The van der Waals surface area contributed by atoms with E-state index in [1.54, 1.807) is 0 Å². The van der Waals surface area contributed by atoms with Gasteiger partial charge >= 0.3 is 0 Å². The molecule has 1 N–H and O–H groups in total. The predicted octanol–water partition coefficient (Wildman–Crippen LogP) is 0.997.